The summed E-state index contributed by atoms with van der Waals surface area (Å²) in [4.78, 5) is 40.9. The molecule has 1 saturated heterocycles. The summed E-state index contributed by atoms with van der Waals surface area (Å²) in [6.07, 6.45) is 0. The summed E-state index contributed by atoms with van der Waals surface area (Å²) in [6.45, 7) is 3.93. The molecule has 1 heterocycles. The fourth-order valence-corrected chi connectivity index (χ4v) is 3.58. The first-order valence-corrected chi connectivity index (χ1v) is 10.4. The molecule has 1 aliphatic heterocycles. The van der Waals surface area contributed by atoms with Gasteiger partial charge in [-0.25, -0.2) is 17.6 Å². The second-order valence-electron chi connectivity index (χ2n) is 8.04. The van der Waals surface area contributed by atoms with E-state index in [0.29, 0.717) is 0 Å². The molecule has 1 atom stereocenters. The van der Waals surface area contributed by atoms with E-state index in [1.807, 2.05) is 0 Å². The van der Waals surface area contributed by atoms with Crippen LogP contribution in [0.15, 0.2) is 36.4 Å². The summed E-state index contributed by atoms with van der Waals surface area (Å²) < 4.78 is 54.4. The lowest BCUT2D eigenvalue weighted by Gasteiger charge is -2.37. The molecule has 2 aromatic carbocycles. The van der Waals surface area contributed by atoms with Gasteiger partial charge in [0.15, 0.2) is 11.6 Å². The van der Waals surface area contributed by atoms with Gasteiger partial charge in [0.2, 0.25) is 5.91 Å². The van der Waals surface area contributed by atoms with Crippen molar-refractivity contribution in [3.8, 4) is 0 Å². The second kappa shape index (κ2) is 10.0. The Morgan fingerprint density at radius 2 is 1.39 bits per heavy atom. The normalized spacial score (nSPS) is 14.9. The number of nitrogens with zero attached hydrogens (tertiary/aromatic N) is 2. The fraction of sp³-hybridized carbons (Fsp3) is 0.348. The Hall–Kier alpha value is -3.43. The zero-order valence-corrected chi connectivity index (χ0v) is 18.1. The second-order valence-corrected chi connectivity index (χ2v) is 8.04. The van der Waals surface area contributed by atoms with Crippen LogP contribution < -0.4 is 5.32 Å². The van der Waals surface area contributed by atoms with Crippen molar-refractivity contribution >= 4 is 17.7 Å². The number of carbonyl (C=O) groups excluding carboxylic acids is 3. The van der Waals surface area contributed by atoms with Crippen molar-refractivity contribution in [2.75, 3.05) is 26.2 Å². The van der Waals surface area contributed by atoms with Crippen LogP contribution in [0.4, 0.5) is 17.6 Å². The van der Waals surface area contributed by atoms with Gasteiger partial charge < -0.3 is 15.1 Å². The lowest BCUT2D eigenvalue weighted by molar-refractivity contribution is -0.135. The van der Waals surface area contributed by atoms with E-state index in [1.165, 1.54) is 15.9 Å². The molecule has 1 fully saturated rings. The van der Waals surface area contributed by atoms with E-state index in [-0.39, 0.29) is 37.7 Å². The molecule has 0 aromatic heterocycles. The summed E-state index contributed by atoms with van der Waals surface area (Å²) >= 11 is 0. The average Bonchev–Trinajstić information content (AvgIpc) is 2.78. The lowest BCUT2D eigenvalue weighted by atomic mass is 10.0. The van der Waals surface area contributed by atoms with Gasteiger partial charge in [-0.05, 0) is 36.2 Å². The van der Waals surface area contributed by atoms with E-state index in [2.05, 4.69) is 5.32 Å². The third kappa shape index (κ3) is 5.32. The number of hydrogen-bond acceptors (Lipinski definition) is 3. The predicted molar refractivity (Wildman–Crippen MR) is 111 cm³/mol. The van der Waals surface area contributed by atoms with Crippen molar-refractivity contribution in [3.63, 3.8) is 0 Å². The molecule has 6 nitrogen and oxygen atoms in total. The minimum Gasteiger partial charge on any atom is -0.340 e. The number of amides is 3. The predicted octanol–water partition coefficient (Wildman–Crippen LogP) is 2.98. The molecule has 1 aliphatic rings. The largest absolute Gasteiger partial charge is 0.340 e. The first-order chi connectivity index (χ1) is 15.6. The van der Waals surface area contributed by atoms with Gasteiger partial charge in [-0.3, -0.25) is 14.4 Å². The van der Waals surface area contributed by atoms with Crippen LogP contribution in [-0.2, 0) is 4.79 Å². The maximum atomic E-state index is 13.9. The van der Waals surface area contributed by atoms with Crippen LogP contribution in [0.25, 0.3) is 0 Å². The zero-order chi connectivity index (χ0) is 24.3. The summed E-state index contributed by atoms with van der Waals surface area (Å²) in [7, 11) is 0. The first-order valence-electron chi connectivity index (χ1n) is 10.4. The van der Waals surface area contributed by atoms with Crippen LogP contribution in [0.1, 0.15) is 34.6 Å². The van der Waals surface area contributed by atoms with Crippen molar-refractivity contribution in [1.82, 2.24) is 15.1 Å². The highest BCUT2D eigenvalue weighted by molar-refractivity contribution is 5.98. The van der Waals surface area contributed by atoms with Gasteiger partial charge in [0.1, 0.15) is 23.2 Å². The van der Waals surface area contributed by atoms with Crippen LogP contribution in [-0.4, -0.2) is 59.7 Å². The van der Waals surface area contributed by atoms with E-state index in [4.69, 9.17) is 0 Å². The highest BCUT2D eigenvalue weighted by Gasteiger charge is 2.33. The molecular formula is C23H23F4N3O3. The standard InChI is InChI=1S/C23H23F4N3O3/c1-13(2)20(28-21(31)19-16(25)4-3-5-17(19)26)23(33)30-10-8-29(9-11-30)22(32)14-6-7-15(24)18(27)12-14/h3-7,12-13,20H,8-11H2,1-2H3,(H,28,31)/t20-/m0/s1. The Morgan fingerprint density at radius 3 is 1.94 bits per heavy atom. The smallest absolute Gasteiger partial charge is 0.257 e. The van der Waals surface area contributed by atoms with Gasteiger partial charge in [0, 0.05) is 31.7 Å². The maximum Gasteiger partial charge on any atom is 0.257 e. The highest BCUT2D eigenvalue weighted by atomic mass is 19.2. The van der Waals surface area contributed by atoms with Gasteiger partial charge >= 0.3 is 0 Å². The number of carbonyl (C=O) groups is 3. The molecule has 1 N–H and O–H groups in total. The molecule has 176 valence electrons. The molecule has 0 bridgehead atoms. The molecule has 0 unspecified atom stereocenters. The zero-order valence-electron chi connectivity index (χ0n) is 18.1. The molecule has 0 saturated carbocycles. The molecule has 33 heavy (non-hydrogen) atoms. The van der Waals surface area contributed by atoms with Crippen molar-refractivity contribution in [2.24, 2.45) is 5.92 Å². The van der Waals surface area contributed by atoms with Crippen LogP contribution in [0.2, 0.25) is 0 Å². The molecular weight excluding hydrogens is 442 g/mol. The minimum absolute atomic E-state index is 0.00656. The van der Waals surface area contributed by atoms with E-state index in [1.54, 1.807) is 13.8 Å². The van der Waals surface area contributed by atoms with Crippen molar-refractivity contribution in [3.05, 3.63) is 70.8 Å². The molecule has 0 spiro atoms. The molecule has 10 heteroatoms. The SMILES string of the molecule is CC(C)[C@H](NC(=O)c1c(F)cccc1F)C(=O)N1CCN(C(=O)c2ccc(F)c(F)c2)CC1. The van der Waals surface area contributed by atoms with Crippen LogP contribution in [0, 0.1) is 29.2 Å². The van der Waals surface area contributed by atoms with Crippen molar-refractivity contribution in [2.45, 2.75) is 19.9 Å². The summed E-state index contributed by atoms with van der Waals surface area (Å²) in [5, 5.41) is 2.41. The summed E-state index contributed by atoms with van der Waals surface area (Å²) in [5.41, 5.74) is -0.772. The van der Waals surface area contributed by atoms with Gasteiger partial charge in [-0.1, -0.05) is 19.9 Å². The number of halogens is 4. The van der Waals surface area contributed by atoms with E-state index >= 15 is 0 Å². The van der Waals surface area contributed by atoms with Gasteiger partial charge in [-0.15, -0.1) is 0 Å². The quantitative estimate of drug-likeness (QED) is 0.691. The van der Waals surface area contributed by atoms with Gasteiger partial charge in [0.25, 0.3) is 11.8 Å². The van der Waals surface area contributed by atoms with E-state index < -0.39 is 52.6 Å². The highest BCUT2D eigenvalue weighted by Crippen LogP contribution is 2.16. The Labute approximate surface area is 188 Å². The molecule has 0 aliphatic carbocycles. The maximum absolute atomic E-state index is 13.9. The van der Waals surface area contributed by atoms with Crippen molar-refractivity contribution in [1.29, 1.82) is 0 Å². The third-order valence-electron chi connectivity index (χ3n) is 5.45. The van der Waals surface area contributed by atoms with E-state index in [0.717, 1.165) is 30.3 Å². The Bertz CT molecular complexity index is 1050. The Balaban J connectivity index is 1.65. The number of nitrogens with one attached hydrogen (secondary N) is 1. The Kier molecular flexibility index (Phi) is 7.35. The number of benzene rings is 2. The minimum atomic E-state index is -1.13. The monoisotopic (exact) mass is 465 g/mol. The average molecular weight is 465 g/mol. The molecule has 0 radical (unpaired) electrons. The van der Waals surface area contributed by atoms with Gasteiger partial charge in [0.05, 0.1) is 0 Å². The van der Waals surface area contributed by atoms with Gasteiger partial charge in [-0.2, -0.15) is 0 Å². The topological polar surface area (TPSA) is 69.7 Å². The first kappa shape index (κ1) is 24.2. The fourth-order valence-electron chi connectivity index (χ4n) is 3.58. The summed E-state index contributed by atoms with van der Waals surface area (Å²) in [6, 6.07) is 4.88. The molecule has 3 amide bonds. The van der Waals surface area contributed by atoms with Crippen molar-refractivity contribution < 1.29 is 31.9 Å². The Morgan fingerprint density at radius 1 is 0.818 bits per heavy atom. The lowest BCUT2D eigenvalue weighted by Crippen LogP contribution is -2.57. The number of rotatable bonds is 5. The van der Waals surface area contributed by atoms with Crippen LogP contribution in [0.5, 0.6) is 0 Å². The third-order valence-corrected chi connectivity index (χ3v) is 5.45. The van der Waals surface area contributed by atoms with E-state index in [9.17, 15) is 31.9 Å². The van der Waals surface area contributed by atoms with Crippen LogP contribution in [0.3, 0.4) is 0 Å². The molecule has 3 rings (SSSR count). The number of piperazine rings is 1. The van der Waals surface area contributed by atoms with Crippen LogP contribution >= 0.6 is 0 Å². The molecule has 2 aromatic rings. The number of hydrogen-bond donors (Lipinski definition) is 1. The summed E-state index contributed by atoms with van der Waals surface area (Å²) in [5.74, 6) is -6.61.